The van der Waals surface area contributed by atoms with Crippen LogP contribution < -0.4 is 4.74 Å². The second kappa shape index (κ2) is 8.16. The van der Waals surface area contributed by atoms with Gasteiger partial charge in [-0.1, -0.05) is 0 Å². The minimum Gasteiger partial charge on any atom is -0.497 e. The Kier molecular flexibility index (Phi) is 5.67. The van der Waals surface area contributed by atoms with E-state index >= 15 is 0 Å². The molecule has 0 aliphatic carbocycles. The third-order valence-electron chi connectivity index (χ3n) is 5.38. The molecule has 168 valence electrons. The molecule has 0 N–H and O–H groups in total. The van der Waals surface area contributed by atoms with Crippen LogP contribution in [0.15, 0.2) is 29.3 Å². The van der Waals surface area contributed by atoms with Crippen molar-refractivity contribution >= 4 is 23.0 Å². The first-order valence-corrected chi connectivity index (χ1v) is 11.4. The van der Waals surface area contributed by atoms with E-state index in [4.69, 9.17) is 14.5 Å². The SMILES string of the molecule is COc1ccc(C2=N[C@@H](CC(=O)OC(C)(C)C)c3nnc(C)n3-c3sc(C)c(C)c32)cc1. The lowest BCUT2D eigenvalue weighted by atomic mass is 9.99. The molecule has 2 aromatic heterocycles. The number of ether oxygens (including phenoxy) is 2. The number of carbonyl (C=O) groups excluding carboxylic acids is 1. The summed E-state index contributed by atoms with van der Waals surface area (Å²) in [4.78, 5) is 19.1. The van der Waals surface area contributed by atoms with E-state index in [1.54, 1.807) is 18.4 Å². The van der Waals surface area contributed by atoms with E-state index in [1.165, 1.54) is 4.88 Å². The van der Waals surface area contributed by atoms with Gasteiger partial charge in [-0.05, 0) is 71.4 Å². The number of hydrogen-bond acceptors (Lipinski definition) is 7. The van der Waals surface area contributed by atoms with Crippen molar-refractivity contribution in [2.24, 2.45) is 4.99 Å². The fourth-order valence-corrected chi connectivity index (χ4v) is 5.03. The molecule has 0 bridgehead atoms. The van der Waals surface area contributed by atoms with Crippen LogP contribution in [0, 0.1) is 20.8 Å². The van der Waals surface area contributed by atoms with Crippen LogP contribution in [0.25, 0.3) is 5.00 Å². The summed E-state index contributed by atoms with van der Waals surface area (Å²) in [5.41, 5.74) is 3.44. The number of nitrogens with zero attached hydrogens (tertiary/aromatic N) is 4. The molecule has 8 heteroatoms. The average Bonchev–Trinajstić information content (AvgIpc) is 3.19. The molecule has 1 atom stereocenters. The first-order valence-electron chi connectivity index (χ1n) is 10.6. The normalized spacial score (nSPS) is 15.5. The Balaban J connectivity index is 1.90. The number of carbonyl (C=O) groups is 1. The summed E-state index contributed by atoms with van der Waals surface area (Å²) in [5, 5.41) is 9.76. The van der Waals surface area contributed by atoms with E-state index in [1.807, 2.05) is 56.5 Å². The first kappa shape index (κ1) is 22.2. The molecule has 3 aromatic rings. The Hall–Kier alpha value is -3.00. The zero-order valence-electron chi connectivity index (χ0n) is 19.5. The molecular formula is C24H28N4O3S. The van der Waals surface area contributed by atoms with Crippen LogP contribution in [-0.4, -0.2) is 39.2 Å². The van der Waals surface area contributed by atoms with Gasteiger partial charge in [0.15, 0.2) is 5.82 Å². The zero-order valence-corrected chi connectivity index (χ0v) is 20.3. The first-order chi connectivity index (χ1) is 15.1. The van der Waals surface area contributed by atoms with Crippen molar-refractivity contribution in [3.8, 4) is 10.8 Å². The number of aryl methyl sites for hydroxylation is 2. The van der Waals surface area contributed by atoms with Gasteiger partial charge >= 0.3 is 5.97 Å². The molecule has 0 radical (unpaired) electrons. The number of rotatable bonds is 4. The predicted octanol–water partition coefficient (Wildman–Crippen LogP) is 4.89. The van der Waals surface area contributed by atoms with Gasteiger partial charge in [0.05, 0.1) is 19.2 Å². The highest BCUT2D eigenvalue weighted by Crippen LogP contribution is 2.39. The number of aromatic nitrogens is 3. The van der Waals surface area contributed by atoms with Crippen molar-refractivity contribution < 1.29 is 14.3 Å². The summed E-state index contributed by atoms with van der Waals surface area (Å²) in [5.74, 6) is 1.88. The molecular weight excluding hydrogens is 424 g/mol. The highest BCUT2D eigenvalue weighted by molar-refractivity contribution is 7.15. The summed E-state index contributed by atoms with van der Waals surface area (Å²) in [6.45, 7) is 11.7. The van der Waals surface area contributed by atoms with Crippen LogP contribution in [0.2, 0.25) is 0 Å². The number of esters is 1. The molecule has 1 aliphatic rings. The lowest BCUT2D eigenvalue weighted by molar-refractivity contribution is -0.155. The van der Waals surface area contributed by atoms with Crippen molar-refractivity contribution in [2.75, 3.05) is 7.11 Å². The fraction of sp³-hybridized carbons (Fsp3) is 0.417. The molecule has 0 saturated carbocycles. The molecule has 3 heterocycles. The Morgan fingerprint density at radius 1 is 1.12 bits per heavy atom. The molecule has 1 aliphatic heterocycles. The van der Waals surface area contributed by atoms with E-state index in [9.17, 15) is 4.79 Å². The van der Waals surface area contributed by atoms with E-state index in [2.05, 4.69) is 24.0 Å². The minimum absolute atomic E-state index is 0.0853. The van der Waals surface area contributed by atoms with Crippen LogP contribution in [0.3, 0.4) is 0 Å². The Labute approximate surface area is 192 Å². The maximum Gasteiger partial charge on any atom is 0.308 e. The summed E-state index contributed by atoms with van der Waals surface area (Å²) in [6.07, 6.45) is 0.0853. The van der Waals surface area contributed by atoms with Crippen LogP contribution in [0.4, 0.5) is 0 Å². The highest BCUT2D eigenvalue weighted by atomic mass is 32.1. The van der Waals surface area contributed by atoms with Crippen LogP contribution in [-0.2, 0) is 9.53 Å². The number of benzene rings is 1. The van der Waals surface area contributed by atoms with E-state index in [0.29, 0.717) is 5.82 Å². The van der Waals surface area contributed by atoms with E-state index < -0.39 is 11.6 Å². The van der Waals surface area contributed by atoms with Gasteiger partial charge in [0.1, 0.15) is 28.2 Å². The fourth-order valence-electron chi connectivity index (χ4n) is 3.81. The van der Waals surface area contributed by atoms with Gasteiger partial charge < -0.3 is 9.47 Å². The van der Waals surface area contributed by atoms with E-state index in [-0.39, 0.29) is 12.4 Å². The Morgan fingerprint density at radius 2 is 1.81 bits per heavy atom. The lowest BCUT2D eigenvalue weighted by Crippen LogP contribution is -2.25. The van der Waals surface area contributed by atoms with Crippen molar-refractivity contribution in [3.63, 3.8) is 0 Å². The number of fused-ring (bicyclic) bond motifs is 3. The summed E-state index contributed by atoms with van der Waals surface area (Å²) in [6, 6.07) is 7.33. The maximum atomic E-state index is 12.8. The van der Waals surface area contributed by atoms with Crippen molar-refractivity contribution in [3.05, 3.63) is 57.5 Å². The summed E-state index contributed by atoms with van der Waals surface area (Å²) < 4.78 is 13.0. The number of methoxy groups -OCH3 is 1. The van der Waals surface area contributed by atoms with Crippen molar-refractivity contribution in [2.45, 2.75) is 59.6 Å². The molecule has 0 amide bonds. The third kappa shape index (κ3) is 4.07. The second-order valence-corrected chi connectivity index (χ2v) is 10.1. The molecule has 32 heavy (non-hydrogen) atoms. The second-order valence-electron chi connectivity index (χ2n) is 8.92. The predicted molar refractivity (Wildman–Crippen MR) is 125 cm³/mol. The number of thiophene rings is 1. The van der Waals surface area contributed by atoms with Gasteiger partial charge in [-0.3, -0.25) is 14.4 Å². The molecule has 4 rings (SSSR count). The zero-order chi connectivity index (χ0) is 23.2. The third-order valence-corrected chi connectivity index (χ3v) is 6.58. The largest absolute Gasteiger partial charge is 0.497 e. The van der Waals surface area contributed by atoms with Crippen LogP contribution >= 0.6 is 11.3 Å². The highest BCUT2D eigenvalue weighted by Gasteiger charge is 2.33. The standard InChI is InChI=1S/C24H28N4O3S/c1-13-14(2)32-23-20(13)21(16-8-10-17(30-7)11-9-16)25-18(12-19(29)31-24(4,5)6)22-27-26-15(3)28(22)23/h8-11,18H,12H2,1-7H3/t18-/m0/s1. The van der Waals surface area contributed by atoms with Gasteiger partial charge in [-0.15, -0.1) is 21.5 Å². The van der Waals surface area contributed by atoms with Gasteiger partial charge in [0, 0.05) is 16.0 Å². The number of aliphatic imine (C=N–C) groups is 1. The molecule has 0 unspecified atom stereocenters. The quantitative estimate of drug-likeness (QED) is 0.527. The molecule has 7 nitrogen and oxygen atoms in total. The van der Waals surface area contributed by atoms with Crippen LogP contribution in [0.1, 0.15) is 66.5 Å². The number of hydrogen-bond donors (Lipinski definition) is 0. The van der Waals surface area contributed by atoms with Gasteiger partial charge in [-0.2, -0.15) is 0 Å². The summed E-state index contributed by atoms with van der Waals surface area (Å²) >= 11 is 1.69. The maximum absolute atomic E-state index is 12.8. The van der Waals surface area contributed by atoms with Crippen molar-refractivity contribution in [1.29, 1.82) is 0 Å². The topological polar surface area (TPSA) is 78.6 Å². The minimum atomic E-state index is -0.569. The van der Waals surface area contributed by atoms with E-state index in [0.717, 1.165) is 39.0 Å². The molecule has 1 aromatic carbocycles. The lowest BCUT2D eigenvalue weighted by Gasteiger charge is -2.21. The van der Waals surface area contributed by atoms with Crippen LogP contribution in [0.5, 0.6) is 5.75 Å². The van der Waals surface area contributed by atoms with Gasteiger partial charge in [-0.25, -0.2) is 0 Å². The molecule has 0 spiro atoms. The van der Waals surface area contributed by atoms with Gasteiger partial charge in [0.25, 0.3) is 0 Å². The smallest absolute Gasteiger partial charge is 0.308 e. The average molecular weight is 453 g/mol. The Bertz CT molecular complexity index is 1200. The van der Waals surface area contributed by atoms with Crippen molar-refractivity contribution in [1.82, 2.24) is 14.8 Å². The molecule has 0 fully saturated rings. The molecule has 0 saturated heterocycles. The van der Waals surface area contributed by atoms with Gasteiger partial charge in [0.2, 0.25) is 0 Å². The summed E-state index contributed by atoms with van der Waals surface area (Å²) in [7, 11) is 1.65. The Morgan fingerprint density at radius 3 is 2.44 bits per heavy atom. The monoisotopic (exact) mass is 452 g/mol.